The minimum Gasteiger partial charge on any atom is -0.496 e. The van der Waals surface area contributed by atoms with Crippen molar-refractivity contribution in [3.05, 3.63) is 78.1 Å². The van der Waals surface area contributed by atoms with E-state index in [1.165, 1.54) is 61.7 Å². The summed E-state index contributed by atoms with van der Waals surface area (Å²) in [4.78, 5) is 12.2. The molecule has 3 aromatic rings. The topological polar surface area (TPSA) is 131 Å². The fourth-order valence-electron chi connectivity index (χ4n) is 3.02. The summed E-state index contributed by atoms with van der Waals surface area (Å²) in [6, 6.07) is 13.5. The molecule has 12 heteroatoms. The maximum Gasteiger partial charge on any atom is 0.261 e. The van der Waals surface area contributed by atoms with Crippen LogP contribution in [-0.4, -0.2) is 35.9 Å². The molecular formula is C23H24FN3O6S2. The summed E-state index contributed by atoms with van der Waals surface area (Å²) in [5.74, 6) is -0.781. The van der Waals surface area contributed by atoms with Gasteiger partial charge in [-0.3, -0.25) is 14.2 Å². The van der Waals surface area contributed by atoms with Crippen LogP contribution in [0, 0.1) is 5.82 Å². The van der Waals surface area contributed by atoms with Crippen molar-refractivity contribution >= 4 is 37.3 Å². The van der Waals surface area contributed by atoms with Crippen LogP contribution in [0.1, 0.15) is 24.2 Å². The molecule has 0 spiro atoms. The van der Waals surface area contributed by atoms with Gasteiger partial charge in [0.25, 0.3) is 26.0 Å². The number of carbonyl (C=O) groups excluding carboxylic acids is 1. The second kappa shape index (κ2) is 10.3. The van der Waals surface area contributed by atoms with Gasteiger partial charge in [-0.05, 0) is 80.6 Å². The van der Waals surface area contributed by atoms with Crippen LogP contribution in [0.15, 0.2) is 76.5 Å². The predicted octanol–water partition coefficient (Wildman–Crippen LogP) is 3.57. The highest BCUT2D eigenvalue weighted by atomic mass is 32.2. The van der Waals surface area contributed by atoms with E-state index in [2.05, 4.69) is 14.8 Å². The number of anilines is 2. The smallest absolute Gasteiger partial charge is 0.261 e. The van der Waals surface area contributed by atoms with Gasteiger partial charge in [0.2, 0.25) is 0 Å². The molecule has 186 valence electrons. The summed E-state index contributed by atoms with van der Waals surface area (Å²) >= 11 is 0. The fourth-order valence-corrected chi connectivity index (χ4v) is 5.16. The average Bonchev–Trinajstić information content (AvgIpc) is 2.79. The lowest BCUT2D eigenvalue weighted by Crippen LogP contribution is -2.30. The van der Waals surface area contributed by atoms with Gasteiger partial charge in [-0.2, -0.15) is 0 Å². The Kier molecular flexibility index (Phi) is 7.66. The maximum absolute atomic E-state index is 13.0. The van der Waals surface area contributed by atoms with Gasteiger partial charge in [0, 0.05) is 17.4 Å². The summed E-state index contributed by atoms with van der Waals surface area (Å²) in [5, 5.41) is 2.69. The Morgan fingerprint density at radius 2 is 1.29 bits per heavy atom. The lowest BCUT2D eigenvalue weighted by atomic mass is 10.2. The highest BCUT2D eigenvalue weighted by Gasteiger charge is 2.21. The van der Waals surface area contributed by atoms with Crippen molar-refractivity contribution in [2.45, 2.75) is 29.7 Å². The maximum atomic E-state index is 13.0. The number of benzene rings is 3. The highest BCUT2D eigenvalue weighted by molar-refractivity contribution is 7.93. The van der Waals surface area contributed by atoms with Crippen LogP contribution in [0.4, 0.5) is 15.8 Å². The minimum atomic E-state index is -4.11. The zero-order valence-corrected chi connectivity index (χ0v) is 20.7. The number of ether oxygens (including phenoxy) is 1. The summed E-state index contributed by atoms with van der Waals surface area (Å²) in [7, 11) is -6.72. The number of methoxy groups -OCH3 is 1. The van der Waals surface area contributed by atoms with E-state index in [1.54, 1.807) is 13.8 Å². The zero-order chi connectivity index (χ0) is 25.8. The molecule has 0 aliphatic heterocycles. The van der Waals surface area contributed by atoms with E-state index >= 15 is 0 Å². The van der Waals surface area contributed by atoms with Crippen molar-refractivity contribution in [2.24, 2.45) is 0 Å². The van der Waals surface area contributed by atoms with Gasteiger partial charge in [0.1, 0.15) is 11.6 Å². The molecule has 3 rings (SSSR count). The Morgan fingerprint density at radius 1 is 0.800 bits per heavy atom. The fraction of sp³-hybridized carbons (Fsp3) is 0.174. The first-order valence-electron chi connectivity index (χ1n) is 10.3. The Labute approximate surface area is 203 Å². The molecule has 0 bridgehead atoms. The number of halogens is 1. The van der Waals surface area contributed by atoms with Gasteiger partial charge in [0.05, 0.1) is 22.5 Å². The first-order valence-corrected chi connectivity index (χ1v) is 13.3. The lowest BCUT2D eigenvalue weighted by molar-refractivity contribution is 0.0940. The van der Waals surface area contributed by atoms with Gasteiger partial charge in [-0.25, -0.2) is 21.2 Å². The molecule has 0 fully saturated rings. The van der Waals surface area contributed by atoms with Crippen molar-refractivity contribution in [2.75, 3.05) is 16.6 Å². The number of rotatable bonds is 9. The van der Waals surface area contributed by atoms with E-state index < -0.39 is 31.8 Å². The summed E-state index contributed by atoms with van der Waals surface area (Å²) in [6.07, 6.45) is 0. The Balaban J connectivity index is 1.81. The molecule has 0 aromatic heterocycles. The summed E-state index contributed by atoms with van der Waals surface area (Å²) in [6.45, 7) is 3.54. The molecule has 0 aliphatic carbocycles. The van der Waals surface area contributed by atoms with Crippen molar-refractivity contribution in [1.29, 1.82) is 0 Å². The first-order chi connectivity index (χ1) is 16.4. The number of amides is 1. The third-order valence-electron chi connectivity index (χ3n) is 4.66. The van der Waals surface area contributed by atoms with Crippen LogP contribution < -0.4 is 19.5 Å². The van der Waals surface area contributed by atoms with E-state index in [9.17, 15) is 26.0 Å². The van der Waals surface area contributed by atoms with Crippen LogP contribution in [0.2, 0.25) is 0 Å². The molecule has 9 nitrogen and oxygen atoms in total. The minimum absolute atomic E-state index is 0.0531. The Hall–Kier alpha value is -3.64. The van der Waals surface area contributed by atoms with Gasteiger partial charge in [-0.1, -0.05) is 0 Å². The second-order valence-electron chi connectivity index (χ2n) is 7.73. The summed E-state index contributed by atoms with van der Waals surface area (Å²) < 4.78 is 73.8. The van der Waals surface area contributed by atoms with Crippen molar-refractivity contribution in [1.82, 2.24) is 5.32 Å². The van der Waals surface area contributed by atoms with Crippen LogP contribution in [0.25, 0.3) is 0 Å². The number of hydrogen-bond donors (Lipinski definition) is 3. The van der Waals surface area contributed by atoms with Crippen molar-refractivity contribution in [3.63, 3.8) is 0 Å². The molecular weight excluding hydrogens is 497 g/mol. The van der Waals surface area contributed by atoms with Crippen LogP contribution in [0.3, 0.4) is 0 Å². The van der Waals surface area contributed by atoms with Crippen LogP contribution in [-0.2, 0) is 20.0 Å². The van der Waals surface area contributed by atoms with E-state index in [4.69, 9.17) is 4.74 Å². The van der Waals surface area contributed by atoms with Crippen LogP contribution in [0.5, 0.6) is 5.75 Å². The molecule has 0 aliphatic rings. The Morgan fingerprint density at radius 3 is 1.80 bits per heavy atom. The van der Waals surface area contributed by atoms with Gasteiger partial charge >= 0.3 is 0 Å². The molecule has 0 unspecified atom stereocenters. The van der Waals surface area contributed by atoms with E-state index in [-0.39, 0.29) is 38.5 Å². The first kappa shape index (κ1) is 26.0. The molecule has 0 radical (unpaired) electrons. The SMILES string of the molecule is COc1ccc(S(=O)(=O)Nc2ccc(S(=O)(=O)Nc3ccc(F)cc3)cc2)cc1C(=O)NC(C)C. The van der Waals surface area contributed by atoms with Crippen molar-refractivity contribution < 1.29 is 30.8 Å². The largest absolute Gasteiger partial charge is 0.496 e. The number of sulfonamides is 2. The highest BCUT2D eigenvalue weighted by Crippen LogP contribution is 2.25. The number of nitrogens with one attached hydrogen (secondary N) is 3. The van der Waals surface area contributed by atoms with Gasteiger partial charge in [-0.15, -0.1) is 0 Å². The molecule has 3 aromatic carbocycles. The normalized spacial score (nSPS) is 11.7. The third kappa shape index (κ3) is 6.49. The van der Waals surface area contributed by atoms with E-state index in [0.29, 0.717) is 0 Å². The predicted molar refractivity (Wildman–Crippen MR) is 130 cm³/mol. The van der Waals surface area contributed by atoms with Gasteiger partial charge in [0.15, 0.2) is 0 Å². The zero-order valence-electron chi connectivity index (χ0n) is 19.1. The van der Waals surface area contributed by atoms with Crippen LogP contribution >= 0.6 is 0 Å². The van der Waals surface area contributed by atoms with Crippen molar-refractivity contribution in [3.8, 4) is 5.75 Å². The second-order valence-corrected chi connectivity index (χ2v) is 11.1. The summed E-state index contributed by atoms with van der Waals surface area (Å²) in [5.41, 5.74) is 0.333. The number of hydrogen-bond acceptors (Lipinski definition) is 6. The molecule has 0 saturated carbocycles. The molecule has 0 heterocycles. The van der Waals surface area contributed by atoms with E-state index in [1.807, 2.05) is 0 Å². The lowest BCUT2D eigenvalue weighted by Gasteiger charge is -2.14. The molecule has 0 atom stereocenters. The molecule has 1 amide bonds. The average molecular weight is 522 g/mol. The molecule has 35 heavy (non-hydrogen) atoms. The third-order valence-corrected chi connectivity index (χ3v) is 7.44. The quantitative estimate of drug-likeness (QED) is 0.395. The van der Waals surface area contributed by atoms with E-state index in [0.717, 1.165) is 12.1 Å². The molecule has 3 N–H and O–H groups in total. The standard InChI is InChI=1S/C23H24FN3O6S2/c1-15(2)25-23(28)21-14-20(12-13-22(21)33-3)35(31,32)27-18-8-10-19(11-9-18)34(29,30)26-17-6-4-16(24)5-7-17/h4-15,26-27H,1-3H3,(H,25,28). The molecule has 0 saturated heterocycles. The monoisotopic (exact) mass is 521 g/mol. The van der Waals surface area contributed by atoms with Gasteiger partial charge < -0.3 is 10.1 Å². The number of carbonyl (C=O) groups is 1. The Bertz CT molecular complexity index is 1420.